The Bertz CT molecular complexity index is 1190. The molecule has 1 amide bonds. The first-order chi connectivity index (χ1) is 15.0. The minimum atomic E-state index is -0.229. The zero-order valence-corrected chi connectivity index (χ0v) is 18.3. The molecular weight excluding hydrogens is 414 g/mol. The summed E-state index contributed by atoms with van der Waals surface area (Å²) in [5, 5.41) is 11.4. The number of nitrogens with zero attached hydrogens (tertiary/aromatic N) is 4. The molecule has 0 radical (unpaired) electrons. The molecule has 1 N–H and O–H groups in total. The van der Waals surface area contributed by atoms with Crippen LogP contribution in [0, 0.1) is 0 Å². The van der Waals surface area contributed by atoms with Crippen LogP contribution in [0.2, 0.25) is 0 Å². The van der Waals surface area contributed by atoms with Crippen molar-refractivity contribution in [2.45, 2.75) is 25.1 Å². The van der Waals surface area contributed by atoms with Gasteiger partial charge in [0, 0.05) is 12.6 Å². The minimum Gasteiger partial charge on any atom is -0.494 e. The summed E-state index contributed by atoms with van der Waals surface area (Å²) in [5.41, 5.74) is 2.73. The molecule has 0 aliphatic carbocycles. The van der Waals surface area contributed by atoms with Crippen molar-refractivity contribution in [1.82, 2.24) is 25.1 Å². The first-order valence-corrected chi connectivity index (χ1v) is 10.9. The molecule has 4 aromatic rings. The number of para-hydroxylation sites is 2. The maximum atomic E-state index is 12.4. The molecule has 0 fully saturated rings. The number of aryl methyl sites for hydroxylation is 1. The van der Waals surface area contributed by atoms with Gasteiger partial charge in [-0.25, -0.2) is 4.98 Å². The number of ether oxygens (including phenoxy) is 1. The second-order valence-electron chi connectivity index (χ2n) is 6.93. The smallest absolute Gasteiger partial charge is 0.277 e. The molecule has 0 saturated carbocycles. The molecule has 160 valence electrons. The fourth-order valence-corrected chi connectivity index (χ4v) is 3.85. The van der Waals surface area contributed by atoms with E-state index < -0.39 is 0 Å². The van der Waals surface area contributed by atoms with Gasteiger partial charge in [-0.1, -0.05) is 23.9 Å². The van der Waals surface area contributed by atoms with Crippen LogP contribution >= 0.6 is 11.8 Å². The maximum Gasteiger partial charge on any atom is 0.277 e. The van der Waals surface area contributed by atoms with E-state index in [1.165, 1.54) is 11.8 Å². The van der Waals surface area contributed by atoms with Crippen molar-refractivity contribution in [3.05, 3.63) is 54.4 Å². The van der Waals surface area contributed by atoms with Crippen LogP contribution in [0.4, 0.5) is 0 Å². The number of hydrogen-bond acceptors (Lipinski definition) is 7. The lowest BCUT2D eigenvalue weighted by Crippen LogP contribution is -2.29. The average Bonchev–Trinajstić information content (AvgIpc) is 3.38. The fourth-order valence-electron chi connectivity index (χ4n) is 3.27. The molecule has 0 spiro atoms. The number of rotatable bonds is 8. The summed E-state index contributed by atoms with van der Waals surface area (Å²) in [4.78, 5) is 17.1. The van der Waals surface area contributed by atoms with E-state index in [0.717, 1.165) is 28.2 Å². The summed E-state index contributed by atoms with van der Waals surface area (Å²) in [6.07, 6.45) is 0. The van der Waals surface area contributed by atoms with Crippen LogP contribution < -0.4 is 10.1 Å². The molecule has 2 heterocycles. The summed E-state index contributed by atoms with van der Waals surface area (Å²) in [5.74, 6) is 2.02. The number of carbonyl (C=O) groups excluding carboxylic acids is 1. The van der Waals surface area contributed by atoms with Crippen LogP contribution in [0.25, 0.3) is 22.5 Å². The van der Waals surface area contributed by atoms with Crippen molar-refractivity contribution in [3.8, 4) is 17.2 Å². The van der Waals surface area contributed by atoms with Gasteiger partial charge in [0.1, 0.15) is 11.6 Å². The van der Waals surface area contributed by atoms with Crippen LogP contribution in [-0.2, 0) is 11.8 Å². The van der Waals surface area contributed by atoms with Crippen LogP contribution in [0.3, 0.4) is 0 Å². The van der Waals surface area contributed by atoms with E-state index in [2.05, 4.69) is 20.5 Å². The van der Waals surface area contributed by atoms with Gasteiger partial charge in [0.2, 0.25) is 11.8 Å². The molecule has 4 rings (SSSR count). The van der Waals surface area contributed by atoms with Crippen molar-refractivity contribution in [2.24, 2.45) is 7.05 Å². The van der Waals surface area contributed by atoms with E-state index in [-0.39, 0.29) is 17.7 Å². The molecule has 9 heteroatoms. The molecule has 31 heavy (non-hydrogen) atoms. The van der Waals surface area contributed by atoms with Crippen molar-refractivity contribution in [1.29, 1.82) is 0 Å². The van der Waals surface area contributed by atoms with Gasteiger partial charge in [0.15, 0.2) is 0 Å². The Hall–Kier alpha value is -3.33. The van der Waals surface area contributed by atoms with Crippen molar-refractivity contribution >= 4 is 28.7 Å². The summed E-state index contributed by atoms with van der Waals surface area (Å²) in [6.45, 7) is 4.46. The molecular formula is C22H23N5O3S. The van der Waals surface area contributed by atoms with Gasteiger partial charge in [-0.05, 0) is 50.2 Å². The summed E-state index contributed by atoms with van der Waals surface area (Å²) in [6, 6.07) is 15.1. The Morgan fingerprint density at radius 3 is 2.71 bits per heavy atom. The Labute approximate surface area is 184 Å². The molecule has 2 aromatic heterocycles. The van der Waals surface area contributed by atoms with E-state index in [0.29, 0.717) is 17.7 Å². The van der Waals surface area contributed by atoms with Gasteiger partial charge in [0.05, 0.1) is 29.4 Å². The number of aromatic nitrogens is 4. The average molecular weight is 438 g/mol. The Morgan fingerprint density at radius 2 is 1.97 bits per heavy atom. The fraction of sp³-hybridized carbons (Fsp3) is 0.273. The second-order valence-corrected chi connectivity index (χ2v) is 7.85. The molecule has 8 nitrogen and oxygen atoms in total. The Balaban J connectivity index is 1.34. The Morgan fingerprint density at radius 1 is 1.19 bits per heavy atom. The topological polar surface area (TPSA) is 95.1 Å². The third-order valence-electron chi connectivity index (χ3n) is 4.73. The largest absolute Gasteiger partial charge is 0.494 e. The molecule has 0 unspecified atom stereocenters. The van der Waals surface area contributed by atoms with E-state index in [4.69, 9.17) is 9.15 Å². The third kappa shape index (κ3) is 4.72. The number of fused-ring (bicyclic) bond motifs is 1. The normalized spacial score (nSPS) is 12.1. The van der Waals surface area contributed by atoms with E-state index >= 15 is 0 Å². The first kappa shape index (κ1) is 20.9. The van der Waals surface area contributed by atoms with Crippen molar-refractivity contribution < 1.29 is 13.9 Å². The molecule has 0 aliphatic heterocycles. The standard InChI is InChI=1S/C22H23N5O3S/c1-4-29-16-11-9-15(10-12-16)21-25-26-22(30-21)31-13-19(28)23-14(2)20-24-17-7-5-6-8-18(17)27(20)3/h5-12,14H,4,13H2,1-3H3,(H,23,28)/t14-/m1/s1. The van der Waals surface area contributed by atoms with Gasteiger partial charge in [-0.2, -0.15) is 0 Å². The van der Waals surface area contributed by atoms with E-state index in [1.54, 1.807) is 0 Å². The maximum absolute atomic E-state index is 12.4. The minimum absolute atomic E-state index is 0.134. The Kier molecular flexibility index (Phi) is 6.22. The van der Waals surface area contributed by atoms with Crippen LogP contribution in [0.15, 0.2) is 58.2 Å². The van der Waals surface area contributed by atoms with Gasteiger partial charge in [0.25, 0.3) is 5.22 Å². The quantitative estimate of drug-likeness (QED) is 0.416. The van der Waals surface area contributed by atoms with Gasteiger partial charge >= 0.3 is 0 Å². The first-order valence-electron chi connectivity index (χ1n) is 9.95. The monoisotopic (exact) mass is 437 g/mol. The molecule has 2 aromatic carbocycles. The van der Waals surface area contributed by atoms with Gasteiger partial charge in [-0.15, -0.1) is 10.2 Å². The highest BCUT2D eigenvalue weighted by molar-refractivity contribution is 7.99. The predicted octanol–water partition coefficient (Wildman–Crippen LogP) is 3.99. The number of thioether (sulfide) groups is 1. The van der Waals surface area contributed by atoms with Crippen LogP contribution in [0.1, 0.15) is 25.7 Å². The van der Waals surface area contributed by atoms with Crippen molar-refractivity contribution in [3.63, 3.8) is 0 Å². The van der Waals surface area contributed by atoms with E-state index in [1.807, 2.05) is 74.0 Å². The lowest BCUT2D eigenvalue weighted by atomic mass is 10.2. The van der Waals surface area contributed by atoms with Gasteiger partial charge in [-0.3, -0.25) is 4.79 Å². The van der Waals surface area contributed by atoms with Crippen LogP contribution in [0.5, 0.6) is 5.75 Å². The molecule has 1 atom stereocenters. The SMILES string of the molecule is CCOc1ccc(-c2nnc(SCC(=O)N[C@H](C)c3nc4ccccc4n3C)o2)cc1. The number of hydrogen-bond donors (Lipinski definition) is 1. The number of benzene rings is 2. The molecule has 0 bridgehead atoms. The highest BCUT2D eigenvalue weighted by Crippen LogP contribution is 2.25. The lowest BCUT2D eigenvalue weighted by molar-refractivity contribution is -0.119. The molecule has 0 saturated heterocycles. The number of amides is 1. The zero-order valence-electron chi connectivity index (χ0n) is 17.5. The van der Waals surface area contributed by atoms with Crippen LogP contribution in [-0.4, -0.2) is 38.0 Å². The highest BCUT2D eigenvalue weighted by atomic mass is 32.2. The third-order valence-corrected chi connectivity index (χ3v) is 5.55. The van der Waals surface area contributed by atoms with Gasteiger partial charge < -0.3 is 19.0 Å². The highest BCUT2D eigenvalue weighted by Gasteiger charge is 2.17. The number of imidazole rings is 1. The zero-order chi connectivity index (χ0) is 21.8. The summed E-state index contributed by atoms with van der Waals surface area (Å²) >= 11 is 1.20. The number of nitrogens with one attached hydrogen (secondary N) is 1. The second kappa shape index (κ2) is 9.22. The summed E-state index contributed by atoms with van der Waals surface area (Å²) < 4.78 is 13.1. The lowest BCUT2D eigenvalue weighted by Gasteiger charge is -2.13. The van der Waals surface area contributed by atoms with E-state index in [9.17, 15) is 4.79 Å². The number of carbonyl (C=O) groups is 1. The predicted molar refractivity (Wildman–Crippen MR) is 119 cm³/mol. The van der Waals surface area contributed by atoms with Crippen molar-refractivity contribution in [2.75, 3.05) is 12.4 Å². The molecule has 0 aliphatic rings. The summed E-state index contributed by atoms with van der Waals surface area (Å²) in [7, 11) is 1.95.